The van der Waals surface area contributed by atoms with Crippen molar-refractivity contribution in [1.82, 2.24) is 5.32 Å². The monoisotopic (exact) mass is 222 g/mol. The third-order valence-electron chi connectivity index (χ3n) is 1.88. The highest BCUT2D eigenvalue weighted by Gasteiger charge is 2.11. The molecule has 0 saturated heterocycles. The van der Waals surface area contributed by atoms with Crippen LogP contribution in [0.3, 0.4) is 0 Å². The predicted molar refractivity (Wildman–Crippen MR) is 60.0 cm³/mol. The van der Waals surface area contributed by atoms with Crippen molar-refractivity contribution in [2.24, 2.45) is 0 Å². The third kappa shape index (κ3) is 4.00. The second kappa shape index (κ2) is 6.44. The molecule has 0 aliphatic carbocycles. The second-order valence-corrected chi connectivity index (χ2v) is 3.04. The molecular weight excluding hydrogens is 208 g/mol. The largest absolute Gasteiger partial charge is 0.462 e. The van der Waals surface area contributed by atoms with Crippen LogP contribution in [0.1, 0.15) is 0 Å². The van der Waals surface area contributed by atoms with Crippen LogP contribution in [0.4, 0.5) is 5.69 Å². The zero-order chi connectivity index (χ0) is 11.8. The van der Waals surface area contributed by atoms with Crippen molar-refractivity contribution in [1.29, 1.82) is 0 Å². The van der Waals surface area contributed by atoms with E-state index in [4.69, 9.17) is 0 Å². The smallest absolute Gasteiger partial charge is 0.396 e. The molecule has 0 radical (unpaired) electrons. The third-order valence-corrected chi connectivity index (χ3v) is 1.88. The summed E-state index contributed by atoms with van der Waals surface area (Å²) in [6.07, 6.45) is 0. The van der Waals surface area contributed by atoms with Crippen molar-refractivity contribution >= 4 is 17.6 Å². The minimum absolute atomic E-state index is 0.364. The number of anilines is 1. The fourth-order valence-electron chi connectivity index (χ4n) is 1.10. The minimum Gasteiger partial charge on any atom is -0.462 e. The molecular formula is C11H14N2O3. The molecule has 0 bridgehead atoms. The van der Waals surface area contributed by atoms with E-state index < -0.39 is 11.9 Å². The van der Waals surface area contributed by atoms with E-state index in [2.05, 4.69) is 15.4 Å². The van der Waals surface area contributed by atoms with Crippen LogP contribution in [0.15, 0.2) is 30.3 Å². The molecule has 1 aromatic carbocycles. The zero-order valence-electron chi connectivity index (χ0n) is 9.03. The Balaban J connectivity index is 2.17. The van der Waals surface area contributed by atoms with Gasteiger partial charge in [0.05, 0.1) is 7.11 Å². The van der Waals surface area contributed by atoms with Crippen molar-refractivity contribution < 1.29 is 14.3 Å². The fourth-order valence-corrected chi connectivity index (χ4v) is 1.10. The Hall–Kier alpha value is -2.04. The Bertz CT molecular complexity index is 352. The van der Waals surface area contributed by atoms with Crippen molar-refractivity contribution in [3.8, 4) is 0 Å². The average molecular weight is 222 g/mol. The topological polar surface area (TPSA) is 67.4 Å². The second-order valence-electron chi connectivity index (χ2n) is 3.04. The van der Waals surface area contributed by atoms with Crippen molar-refractivity contribution in [3.05, 3.63) is 30.3 Å². The molecule has 1 aromatic rings. The van der Waals surface area contributed by atoms with Gasteiger partial charge >= 0.3 is 11.9 Å². The number of carbonyl (C=O) groups excluding carboxylic acids is 2. The molecule has 16 heavy (non-hydrogen) atoms. The van der Waals surface area contributed by atoms with E-state index >= 15 is 0 Å². The predicted octanol–water partition coefficient (Wildman–Crippen LogP) is 0.388. The molecule has 0 spiro atoms. The van der Waals surface area contributed by atoms with Gasteiger partial charge in [-0.25, -0.2) is 4.79 Å². The number of hydrogen-bond donors (Lipinski definition) is 2. The molecule has 0 saturated carbocycles. The number of methoxy groups -OCH3 is 1. The van der Waals surface area contributed by atoms with Gasteiger partial charge in [0.2, 0.25) is 0 Å². The lowest BCUT2D eigenvalue weighted by Gasteiger charge is -2.06. The number of benzene rings is 1. The number of esters is 1. The Morgan fingerprint density at radius 1 is 1.19 bits per heavy atom. The number of carbonyl (C=O) groups is 2. The van der Waals surface area contributed by atoms with Gasteiger partial charge in [0.1, 0.15) is 0 Å². The Morgan fingerprint density at radius 2 is 1.88 bits per heavy atom. The molecule has 5 heteroatoms. The normalized spacial score (nSPS) is 9.31. The van der Waals surface area contributed by atoms with Crippen LogP contribution in [0.5, 0.6) is 0 Å². The fraction of sp³-hybridized carbons (Fsp3) is 0.273. The highest BCUT2D eigenvalue weighted by atomic mass is 16.5. The first kappa shape index (κ1) is 12.0. The summed E-state index contributed by atoms with van der Waals surface area (Å²) >= 11 is 0. The van der Waals surface area contributed by atoms with Crippen molar-refractivity contribution in [2.45, 2.75) is 0 Å². The van der Waals surface area contributed by atoms with Gasteiger partial charge in [-0.3, -0.25) is 4.79 Å². The molecule has 86 valence electrons. The zero-order valence-corrected chi connectivity index (χ0v) is 9.03. The Kier molecular flexibility index (Phi) is 4.85. The molecule has 0 aliphatic rings. The summed E-state index contributed by atoms with van der Waals surface area (Å²) in [6, 6.07) is 9.58. The lowest BCUT2D eigenvalue weighted by molar-refractivity contribution is -0.152. The first-order valence-electron chi connectivity index (χ1n) is 4.89. The molecule has 0 fully saturated rings. The van der Waals surface area contributed by atoms with E-state index in [1.54, 1.807) is 0 Å². The van der Waals surface area contributed by atoms with E-state index in [0.29, 0.717) is 13.1 Å². The van der Waals surface area contributed by atoms with Crippen LogP contribution in [-0.4, -0.2) is 32.1 Å². The number of para-hydroxylation sites is 1. The standard InChI is InChI=1S/C11H14N2O3/c1-16-11(15)10(14)13-8-7-12-9-5-3-2-4-6-9/h2-6,12H,7-8H2,1H3,(H,13,14). The van der Waals surface area contributed by atoms with Gasteiger partial charge in [-0.15, -0.1) is 0 Å². The van der Waals surface area contributed by atoms with Crippen molar-refractivity contribution in [2.75, 3.05) is 25.5 Å². The summed E-state index contributed by atoms with van der Waals surface area (Å²) < 4.78 is 4.26. The van der Waals surface area contributed by atoms with E-state index in [-0.39, 0.29) is 0 Å². The summed E-state index contributed by atoms with van der Waals surface area (Å²) in [6.45, 7) is 0.912. The van der Waals surface area contributed by atoms with E-state index in [1.165, 1.54) is 7.11 Å². The molecule has 0 atom stereocenters. The SMILES string of the molecule is COC(=O)C(=O)NCCNc1ccccc1. The van der Waals surface area contributed by atoms with E-state index in [0.717, 1.165) is 5.69 Å². The number of amides is 1. The maximum atomic E-state index is 11.0. The van der Waals surface area contributed by atoms with Crippen LogP contribution in [0, 0.1) is 0 Å². The number of hydrogen-bond acceptors (Lipinski definition) is 4. The molecule has 5 nitrogen and oxygen atoms in total. The minimum atomic E-state index is -0.875. The molecule has 1 rings (SSSR count). The highest BCUT2D eigenvalue weighted by molar-refractivity contribution is 6.32. The number of ether oxygens (including phenoxy) is 1. The summed E-state index contributed by atoms with van der Waals surface area (Å²) in [7, 11) is 1.17. The van der Waals surface area contributed by atoms with Gasteiger partial charge in [0.25, 0.3) is 0 Å². The summed E-state index contributed by atoms with van der Waals surface area (Å²) in [5.74, 6) is -1.60. The van der Waals surface area contributed by atoms with Gasteiger partial charge in [-0.2, -0.15) is 0 Å². The highest BCUT2D eigenvalue weighted by Crippen LogP contribution is 2.03. The lowest BCUT2D eigenvalue weighted by Crippen LogP contribution is -2.35. The summed E-state index contributed by atoms with van der Waals surface area (Å²) in [4.78, 5) is 21.7. The van der Waals surface area contributed by atoms with Crippen LogP contribution < -0.4 is 10.6 Å². The maximum absolute atomic E-state index is 11.0. The van der Waals surface area contributed by atoms with Crippen LogP contribution in [0.25, 0.3) is 0 Å². The maximum Gasteiger partial charge on any atom is 0.396 e. The van der Waals surface area contributed by atoms with Crippen LogP contribution in [0.2, 0.25) is 0 Å². The molecule has 0 unspecified atom stereocenters. The van der Waals surface area contributed by atoms with Crippen molar-refractivity contribution in [3.63, 3.8) is 0 Å². The molecule has 2 N–H and O–H groups in total. The lowest BCUT2D eigenvalue weighted by atomic mass is 10.3. The number of nitrogens with one attached hydrogen (secondary N) is 2. The van der Waals surface area contributed by atoms with Gasteiger partial charge in [0, 0.05) is 18.8 Å². The Labute approximate surface area is 93.8 Å². The summed E-state index contributed by atoms with van der Waals surface area (Å²) in [5.41, 5.74) is 0.967. The first-order chi connectivity index (χ1) is 7.74. The Morgan fingerprint density at radius 3 is 2.50 bits per heavy atom. The van der Waals surface area contributed by atoms with E-state index in [1.807, 2.05) is 30.3 Å². The average Bonchev–Trinajstić information content (AvgIpc) is 2.34. The van der Waals surface area contributed by atoms with E-state index in [9.17, 15) is 9.59 Å². The summed E-state index contributed by atoms with van der Waals surface area (Å²) in [5, 5.41) is 5.52. The van der Waals surface area contributed by atoms with Crippen LogP contribution >= 0.6 is 0 Å². The first-order valence-corrected chi connectivity index (χ1v) is 4.89. The molecule has 0 aliphatic heterocycles. The van der Waals surface area contributed by atoms with Gasteiger partial charge in [-0.05, 0) is 12.1 Å². The van der Waals surface area contributed by atoms with Gasteiger partial charge in [0.15, 0.2) is 0 Å². The number of rotatable bonds is 4. The molecule has 0 heterocycles. The molecule has 0 aromatic heterocycles. The van der Waals surface area contributed by atoms with Crippen LogP contribution in [-0.2, 0) is 14.3 Å². The molecule has 1 amide bonds. The quantitative estimate of drug-likeness (QED) is 0.439. The van der Waals surface area contributed by atoms with Gasteiger partial charge in [-0.1, -0.05) is 18.2 Å². The van der Waals surface area contributed by atoms with Gasteiger partial charge < -0.3 is 15.4 Å².